The van der Waals surface area contributed by atoms with Crippen LogP contribution in [0.4, 0.5) is 23.2 Å². The number of carbonyl (C=O) groups is 2. The zero-order valence-electron chi connectivity index (χ0n) is 17.5. The summed E-state index contributed by atoms with van der Waals surface area (Å²) in [5, 5.41) is 2.71. The fraction of sp³-hybridized carbons (Fsp3) is 0.400. The van der Waals surface area contributed by atoms with Gasteiger partial charge in [0, 0.05) is 42.9 Å². The van der Waals surface area contributed by atoms with Gasteiger partial charge in [-0.05, 0) is 37.1 Å². The Bertz CT molecular complexity index is 994. The molecule has 1 aliphatic rings. The lowest BCUT2D eigenvalue weighted by Gasteiger charge is -2.42. The second-order valence-corrected chi connectivity index (χ2v) is 7.65. The number of carbonyl (C=O) groups excluding carboxylic acids is 2. The van der Waals surface area contributed by atoms with Crippen molar-refractivity contribution in [1.29, 1.82) is 0 Å². The van der Waals surface area contributed by atoms with E-state index in [0.717, 1.165) is 43.0 Å². The van der Waals surface area contributed by atoms with Crippen LogP contribution in [0.3, 0.4) is 0 Å². The Morgan fingerprint density at radius 2 is 1.76 bits per heavy atom. The second-order valence-electron chi connectivity index (χ2n) is 7.27. The first kappa shape index (κ1) is 25.7. The van der Waals surface area contributed by atoms with Gasteiger partial charge in [0.05, 0.1) is 0 Å². The highest BCUT2D eigenvalue weighted by atomic mass is 35.5. The number of alkyl halides is 5. The summed E-state index contributed by atoms with van der Waals surface area (Å²) in [5.74, 6) is -2.95. The van der Waals surface area contributed by atoms with E-state index in [1.54, 1.807) is 0 Å². The normalized spacial score (nSPS) is 17.3. The summed E-state index contributed by atoms with van der Waals surface area (Å²) >= 11 is 5.41. The van der Waals surface area contributed by atoms with Crippen molar-refractivity contribution in [2.45, 2.75) is 36.3 Å². The van der Waals surface area contributed by atoms with Crippen LogP contribution in [0.25, 0.3) is 0 Å². The van der Waals surface area contributed by atoms with Gasteiger partial charge in [-0.1, -0.05) is 11.6 Å². The molecule has 34 heavy (non-hydrogen) atoms. The second kappa shape index (κ2) is 10.6. The molecule has 180 valence electrons. The molecule has 1 aromatic heterocycles. The fourth-order valence-electron chi connectivity index (χ4n) is 3.39. The summed E-state index contributed by atoms with van der Waals surface area (Å²) in [5.41, 5.74) is -5.37. The van der Waals surface area contributed by atoms with E-state index >= 15 is 0 Å². The Morgan fingerprint density at radius 1 is 1.18 bits per heavy atom. The van der Waals surface area contributed by atoms with Crippen LogP contribution in [0.15, 0.2) is 43.0 Å². The number of nitrogens with one attached hydrogen (secondary N) is 1. The van der Waals surface area contributed by atoms with Crippen molar-refractivity contribution >= 4 is 36.9 Å². The highest BCUT2D eigenvalue weighted by Gasteiger charge is 2.47. The third-order valence-corrected chi connectivity index (χ3v) is 5.18. The van der Waals surface area contributed by atoms with E-state index in [4.69, 9.17) is 24.2 Å². The Kier molecular flexibility index (Phi) is 7.98. The zero-order valence-corrected chi connectivity index (χ0v) is 18.2. The Morgan fingerprint density at radius 3 is 2.29 bits per heavy atom. The maximum absolute atomic E-state index is 14.1. The third kappa shape index (κ3) is 5.95. The molecule has 14 heteroatoms. The molecular formula is C20H18BClF4N4O4. The van der Waals surface area contributed by atoms with E-state index in [9.17, 15) is 27.2 Å². The number of hydrogen-bond donors (Lipinski definition) is 1. The maximum Gasteiger partial charge on any atom is 0.573 e. The number of amides is 2. The number of hydrogen-bond acceptors (Lipinski definition) is 6. The van der Waals surface area contributed by atoms with Crippen LogP contribution in [0.1, 0.15) is 18.4 Å². The minimum atomic E-state index is -4.96. The first-order chi connectivity index (χ1) is 16.0. The minimum absolute atomic E-state index is 0.0964. The number of benzene rings is 1. The maximum atomic E-state index is 14.1. The first-order valence-electron chi connectivity index (χ1n) is 9.93. The average molecular weight is 501 g/mol. The predicted molar refractivity (Wildman–Crippen MR) is 113 cm³/mol. The Hall–Kier alpha value is -2.93. The van der Waals surface area contributed by atoms with E-state index in [2.05, 4.69) is 20.0 Å². The van der Waals surface area contributed by atoms with Gasteiger partial charge in [0.15, 0.2) is 0 Å². The molecule has 0 saturated carbocycles. The van der Waals surface area contributed by atoms with Gasteiger partial charge in [0.25, 0.3) is 11.5 Å². The molecule has 0 bridgehead atoms. The average Bonchev–Trinajstić information content (AvgIpc) is 2.80. The number of aromatic nitrogens is 2. The smallest absolute Gasteiger partial charge is 0.406 e. The highest BCUT2D eigenvalue weighted by Crippen LogP contribution is 2.34. The number of rotatable bonds is 7. The summed E-state index contributed by atoms with van der Waals surface area (Å²) in [6.07, 6.45) is -0.578. The van der Waals surface area contributed by atoms with Crippen LogP contribution in [-0.2, 0) is 19.8 Å². The van der Waals surface area contributed by atoms with Crippen molar-refractivity contribution in [3.63, 3.8) is 0 Å². The van der Waals surface area contributed by atoms with Crippen molar-refractivity contribution in [3.05, 3.63) is 48.5 Å². The number of ether oxygens (including phenoxy) is 2. The van der Waals surface area contributed by atoms with Crippen LogP contribution >= 0.6 is 11.6 Å². The van der Waals surface area contributed by atoms with Crippen LogP contribution in [-0.4, -0.2) is 60.9 Å². The molecule has 3 rings (SSSR count). The Labute approximate surface area is 198 Å². The van der Waals surface area contributed by atoms with Crippen molar-refractivity contribution in [2.24, 2.45) is 0 Å². The van der Waals surface area contributed by atoms with E-state index < -0.39 is 35.0 Å². The quantitative estimate of drug-likeness (QED) is 0.357. The molecule has 1 aromatic carbocycles. The van der Waals surface area contributed by atoms with Crippen LogP contribution in [0.2, 0.25) is 0 Å². The highest BCUT2D eigenvalue weighted by molar-refractivity contribution is 6.37. The van der Waals surface area contributed by atoms with E-state index in [1.807, 2.05) is 0 Å². The lowest BCUT2D eigenvalue weighted by molar-refractivity contribution is -0.274. The molecule has 0 unspecified atom stereocenters. The van der Waals surface area contributed by atoms with Crippen molar-refractivity contribution in [3.8, 4) is 5.75 Å². The minimum Gasteiger partial charge on any atom is -0.406 e. The molecule has 1 aliphatic heterocycles. The lowest BCUT2D eigenvalue weighted by atomic mass is 9.70. The summed E-state index contributed by atoms with van der Waals surface area (Å²) in [6.45, 7) is 0.767. The fourth-order valence-corrected chi connectivity index (χ4v) is 3.49. The van der Waals surface area contributed by atoms with Gasteiger partial charge < -0.3 is 14.8 Å². The standard InChI is InChI=1S/C20H18BClF4N4O4/c21-19(12-9-27-11-28-10-12,18(32)29-13-5-7-33-8-6-13)30(17(31)16(22)23)14-1-3-15(4-2-14)34-20(24,25)26/h1-4,9-11,13,16H,5-8H2,(H,29,32)/t16-,19+/m0/s1. The lowest BCUT2D eigenvalue weighted by Crippen LogP contribution is -2.62. The number of halogens is 5. The van der Waals surface area contributed by atoms with Gasteiger partial charge in [-0.15, -0.1) is 13.2 Å². The van der Waals surface area contributed by atoms with Gasteiger partial charge in [-0.2, -0.15) is 0 Å². The van der Waals surface area contributed by atoms with E-state index in [-0.39, 0.29) is 17.3 Å². The van der Waals surface area contributed by atoms with Gasteiger partial charge in [0.2, 0.25) is 5.91 Å². The Balaban J connectivity index is 2.07. The van der Waals surface area contributed by atoms with Gasteiger partial charge in [0.1, 0.15) is 25.4 Å². The van der Waals surface area contributed by atoms with E-state index in [0.29, 0.717) is 31.0 Å². The summed E-state index contributed by atoms with van der Waals surface area (Å²) in [6, 6.07) is 3.41. The van der Waals surface area contributed by atoms with Gasteiger partial charge in [-0.25, -0.2) is 14.4 Å². The van der Waals surface area contributed by atoms with Crippen molar-refractivity contribution < 1.29 is 36.6 Å². The van der Waals surface area contributed by atoms with Crippen LogP contribution < -0.4 is 15.0 Å². The number of anilines is 1. The summed E-state index contributed by atoms with van der Waals surface area (Å²) < 4.78 is 60.7. The molecule has 1 N–H and O–H groups in total. The van der Waals surface area contributed by atoms with Crippen molar-refractivity contribution in [1.82, 2.24) is 15.3 Å². The van der Waals surface area contributed by atoms with Crippen LogP contribution in [0.5, 0.6) is 5.75 Å². The molecule has 2 radical (unpaired) electrons. The molecule has 1 saturated heterocycles. The first-order valence-corrected chi connectivity index (χ1v) is 10.4. The molecular weight excluding hydrogens is 483 g/mol. The molecule has 0 aliphatic carbocycles. The van der Waals surface area contributed by atoms with Crippen molar-refractivity contribution in [2.75, 3.05) is 18.1 Å². The molecule has 8 nitrogen and oxygen atoms in total. The van der Waals surface area contributed by atoms with Gasteiger partial charge in [-0.3, -0.25) is 14.5 Å². The van der Waals surface area contributed by atoms with Gasteiger partial charge >= 0.3 is 6.36 Å². The number of nitrogens with zero attached hydrogens (tertiary/aromatic N) is 3. The topological polar surface area (TPSA) is 93.6 Å². The summed E-state index contributed by atoms with van der Waals surface area (Å²) in [7, 11) is 6.48. The SMILES string of the molecule is [B][C@](C(=O)NC1CCOCC1)(c1cncnc1)N(C(=O)[C@H](F)Cl)c1ccc(OC(F)(F)F)cc1. The molecule has 2 aromatic rings. The van der Waals surface area contributed by atoms with E-state index in [1.165, 1.54) is 0 Å². The molecule has 2 heterocycles. The third-order valence-electron chi connectivity index (χ3n) is 4.99. The molecule has 2 amide bonds. The molecule has 1 fully saturated rings. The predicted octanol–water partition coefficient (Wildman–Crippen LogP) is 2.56. The molecule has 2 atom stereocenters. The summed E-state index contributed by atoms with van der Waals surface area (Å²) in [4.78, 5) is 34.5. The van der Waals surface area contributed by atoms with Crippen LogP contribution in [0, 0.1) is 0 Å². The molecule has 0 spiro atoms. The largest absolute Gasteiger partial charge is 0.573 e. The monoisotopic (exact) mass is 500 g/mol. The zero-order chi connectivity index (χ0) is 24.9.